The fraction of sp³-hybridized carbons (Fsp3) is 0.333. The van der Waals surface area contributed by atoms with E-state index in [1.807, 2.05) is 19.1 Å². The third-order valence-corrected chi connectivity index (χ3v) is 3.65. The summed E-state index contributed by atoms with van der Waals surface area (Å²) in [5.74, 6) is 1.07. The van der Waals surface area contributed by atoms with Crippen molar-refractivity contribution in [1.29, 1.82) is 0 Å². The first-order valence-corrected chi connectivity index (χ1v) is 6.74. The SMILES string of the molecule is Cc1cc(NC(=O)[C@@H](C)N2CCc3ccccc32)no1. The Morgan fingerprint density at radius 2 is 2.25 bits per heavy atom. The Kier molecular flexibility index (Phi) is 3.18. The van der Waals surface area contributed by atoms with Crippen molar-refractivity contribution in [3.05, 3.63) is 41.7 Å². The molecule has 1 amide bonds. The van der Waals surface area contributed by atoms with Gasteiger partial charge >= 0.3 is 0 Å². The lowest BCUT2D eigenvalue weighted by molar-refractivity contribution is -0.117. The quantitative estimate of drug-likeness (QED) is 0.931. The van der Waals surface area contributed by atoms with Crippen LogP contribution in [0.5, 0.6) is 0 Å². The molecule has 0 saturated heterocycles. The third kappa shape index (κ3) is 2.27. The Morgan fingerprint density at radius 1 is 1.45 bits per heavy atom. The van der Waals surface area contributed by atoms with Crippen molar-refractivity contribution in [1.82, 2.24) is 5.16 Å². The highest BCUT2D eigenvalue weighted by molar-refractivity contribution is 5.96. The molecular weight excluding hydrogens is 254 g/mol. The van der Waals surface area contributed by atoms with Gasteiger partial charge in [0, 0.05) is 18.3 Å². The van der Waals surface area contributed by atoms with E-state index < -0.39 is 0 Å². The molecule has 0 aliphatic carbocycles. The van der Waals surface area contributed by atoms with Gasteiger partial charge in [-0.2, -0.15) is 0 Å². The van der Waals surface area contributed by atoms with Crippen molar-refractivity contribution in [3.63, 3.8) is 0 Å². The Balaban J connectivity index is 1.73. The molecule has 1 N–H and O–H groups in total. The van der Waals surface area contributed by atoms with Gasteiger partial charge in [-0.15, -0.1) is 0 Å². The van der Waals surface area contributed by atoms with Crippen LogP contribution in [0.15, 0.2) is 34.9 Å². The van der Waals surface area contributed by atoms with Crippen LogP contribution in [0, 0.1) is 6.92 Å². The van der Waals surface area contributed by atoms with Gasteiger partial charge in [-0.3, -0.25) is 4.79 Å². The van der Waals surface area contributed by atoms with E-state index in [4.69, 9.17) is 4.52 Å². The molecule has 1 aromatic heterocycles. The second-order valence-electron chi connectivity index (χ2n) is 5.06. The summed E-state index contributed by atoms with van der Waals surface area (Å²) in [5, 5.41) is 6.57. The van der Waals surface area contributed by atoms with E-state index in [0.29, 0.717) is 11.6 Å². The van der Waals surface area contributed by atoms with Crippen LogP contribution in [0.3, 0.4) is 0 Å². The monoisotopic (exact) mass is 271 g/mol. The molecule has 0 radical (unpaired) electrons. The lowest BCUT2D eigenvalue weighted by atomic mass is 10.1. The number of nitrogens with zero attached hydrogens (tertiary/aromatic N) is 2. The summed E-state index contributed by atoms with van der Waals surface area (Å²) in [6.07, 6.45) is 0.983. The molecule has 0 saturated carbocycles. The lowest BCUT2D eigenvalue weighted by Crippen LogP contribution is -2.41. The second kappa shape index (κ2) is 5.00. The van der Waals surface area contributed by atoms with Crippen LogP contribution in [-0.4, -0.2) is 23.7 Å². The van der Waals surface area contributed by atoms with Crippen molar-refractivity contribution in [2.24, 2.45) is 0 Å². The van der Waals surface area contributed by atoms with E-state index in [1.54, 1.807) is 13.0 Å². The van der Waals surface area contributed by atoms with Crippen LogP contribution >= 0.6 is 0 Å². The van der Waals surface area contributed by atoms with Gasteiger partial charge in [0.2, 0.25) is 5.91 Å². The molecule has 5 nitrogen and oxygen atoms in total. The van der Waals surface area contributed by atoms with Crippen LogP contribution in [-0.2, 0) is 11.2 Å². The number of aryl methyl sites for hydroxylation is 1. The Labute approximate surface area is 117 Å². The van der Waals surface area contributed by atoms with Gasteiger partial charge < -0.3 is 14.7 Å². The molecule has 0 spiro atoms. The average molecular weight is 271 g/mol. The maximum Gasteiger partial charge on any atom is 0.248 e. The van der Waals surface area contributed by atoms with Crippen LogP contribution < -0.4 is 10.2 Å². The Morgan fingerprint density at radius 3 is 3.00 bits per heavy atom. The van der Waals surface area contributed by atoms with Crippen LogP contribution in [0.1, 0.15) is 18.2 Å². The smallest absolute Gasteiger partial charge is 0.248 e. The van der Waals surface area contributed by atoms with Gasteiger partial charge in [-0.05, 0) is 31.9 Å². The zero-order valence-electron chi connectivity index (χ0n) is 11.6. The molecule has 1 atom stereocenters. The average Bonchev–Trinajstić information content (AvgIpc) is 3.04. The maximum atomic E-state index is 12.3. The molecule has 2 heterocycles. The molecule has 5 heteroatoms. The standard InChI is InChI=1S/C15H17N3O2/c1-10-9-14(17-20-10)16-15(19)11(2)18-8-7-12-5-3-4-6-13(12)18/h3-6,9,11H,7-8H2,1-2H3,(H,16,17,19)/t11-/m1/s1. The molecule has 0 bridgehead atoms. The number of hydrogen-bond donors (Lipinski definition) is 1. The summed E-state index contributed by atoms with van der Waals surface area (Å²) >= 11 is 0. The van der Waals surface area contributed by atoms with Crippen molar-refractivity contribution in [3.8, 4) is 0 Å². The van der Waals surface area contributed by atoms with Crippen molar-refractivity contribution >= 4 is 17.4 Å². The molecule has 104 valence electrons. The minimum atomic E-state index is -0.240. The molecule has 0 unspecified atom stereocenters. The Bertz CT molecular complexity index is 636. The molecule has 20 heavy (non-hydrogen) atoms. The van der Waals surface area contributed by atoms with Crippen LogP contribution in [0.4, 0.5) is 11.5 Å². The lowest BCUT2D eigenvalue weighted by Gasteiger charge is -2.25. The number of para-hydroxylation sites is 1. The topological polar surface area (TPSA) is 58.4 Å². The van der Waals surface area contributed by atoms with E-state index in [9.17, 15) is 4.79 Å². The summed E-state index contributed by atoms with van der Waals surface area (Å²) < 4.78 is 4.95. The van der Waals surface area contributed by atoms with E-state index in [-0.39, 0.29) is 11.9 Å². The fourth-order valence-electron chi connectivity index (χ4n) is 2.56. The molecule has 1 aliphatic heterocycles. The fourth-order valence-corrected chi connectivity index (χ4v) is 2.56. The first-order valence-electron chi connectivity index (χ1n) is 6.74. The van der Waals surface area contributed by atoms with E-state index in [1.165, 1.54) is 5.56 Å². The molecular formula is C15H17N3O2. The molecule has 0 fully saturated rings. The highest BCUT2D eigenvalue weighted by atomic mass is 16.5. The summed E-state index contributed by atoms with van der Waals surface area (Å²) in [4.78, 5) is 14.4. The number of carbonyl (C=O) groups is 1. The number of hydrogen-bond acceptors (Lipinski definition) is 4. The van der Waals surface area contributed by atoms with E-state index in [2.05, 4.69) is 27.5 Å². The first-order chi connectivity index (χ1) is 9.65. The molecule has 1 aliphatic rings. The summed E-state index contributed by atoms with van der Waals surface area (Å²) in [7, 11) is 0. The van der Waals surface area contributed by atoms with Crippen molar-refractivity contribution in [2.75, 3.05) is 16.8 Å². The number of benzene rings is 1. The van der Waals surface area contributed by atoms with Gasteiger partial charge in [-0.1, -0.05) is 23.4 Å². The van der Waals surface area contributed by atoms with Gasteiger partial charge in [0.1, 0.15) is 11.8 Å². The minimum Gasteiger partial charge on any atom is -0.360 e. The van der Waals surface area contributed by atoms with Gasteiger partial charge in [0.05, 0.1) is 0 Å². The number of anilines is 2. The maximum absolute atomic E-state index is 12.3. The first kappa shape index (κ1) is 12.7. The predicted octanol–water partition coefficient (Wildman–Crippen LogP) is 2.37. The van der Waals surface area contributed by atoms with Gasteiger partial charge in [0.25, 0.3) is 0 Å². The number of carbonyl (C=O) groups excluding carboxylic acids is 1. The predicted molar refractivity (Wildman–Crippen MR) is 76.8 cm³/mol. The normalized spacial score (nSPS) is 15.0. The number of fused-ring (bicyclic) bond motifs is 1. The zero-order chi connectivity index (χ0) is 14.1. The van der Waals surface area contributed by atoms with E-state index in [0.717, 1.165) is 18.7 Å². The number of rotatable bonds is 3. The number of amides is 1. The van der Waals surface area contributed by atoms with Crippen molar-refractivity contribution < 1.29 is 9.32 Å². The summed E-state index contributed by atoms with van der Waals surface area (Å²) in [6, 6.07) is 9.68. The van der Waals surface area contributed by atoms with Crippen molar-refractivity contribution in [2.45, 2.75) is 26.3 Å². The highest BCUT2D eigenvalue weighted by Gasteiger charge is 2.27. The van der Waals surface area contributed by atoms with Gasteiger partial charge in [0.15, 0.2) is 5.82 Å². The number of nitrogens with one attached hydrogen (secondary N) is 1. The zero-order valence-corrected chi connectivity index (χ0v) is 11.6. The van der Waals surface area contributed by atoms with Crippen LogP contribution in [0.25, 0.3) is 0 Å². The minimum absolute atomic E-state index is 0.0741. The van der Waals surface area contributed by atoms with Crippen LogP contribution in [0.2, 0.25) is 0 Å². The summed E-state index contributed by atoms with van der Waals surface area (Å²) in [5.41, 5.74) is 2.44. The molecule has 3 rings (SSSR count). The Hall–Kier alpha value is -2.30. The van der Waals surface area contributed by atoms with Gasteiger partial charge in [-0.25, -0.2) is 0 Å². The number of aromatic nitrogens is 1. The largest absolute Gasteiger partial charge is 0.360 e. The third-order valence-electron chi connectivity index (χ3n) is 3.65. The molecule has 2 aromatic rings. The second-order valence-corrected chi connectivity index (χ2v) is 5.06. The van der Waals surface area contributed by atoms with E-state index >= 15 is 0 Å². The highest BCUT2D eigenvalue weighted by Crippen LogP contribution is 2.29. The summed E-state index contributed by atoms with van der Waals surface area (Å²) in [6.45, 7) is 4.57. The molecule has 1 aromatic carbocycles.